The van der Waals surface area contributed by atoms with E-state index < -0.39 is 0 Å². The predicted molar refractivity (Wildman–Crippen MR) is 48.7 cm³/mol. The van der Waals surface area contributed by atoms with Crippen molar-refractivity contribution < 1.29 is 9.84 Å². The minimum atomic E-state index is -0.388. The van der Waals surface area contributed by atoms with Crippen LogP contribution in [0.2, 0.25) is 0 Å². The van der Waals surface area contributed by atoms with Gasteiger partial charge in [-0.2, -0.15) is 0 Å². The van der Waals surface area contributed by atoms with E-state index in [4.69, 9.17) is 21.4 Å². The van der Waals surface area contributed by atoms with E-state index in [1.807, 2.05) is 24.3 Å². The van der Waals surface area contributed by atoms with E-state index in [0.717, 1.165) is 5.56 Å². The Morgan fingerprint density at radius 2 is 2.17 bits per heavy atom. The third-order valence-corrected chi connectivity index (χ3v) is 2.01. The summed E-state index contributed by atoms with van der Waals surface area (Å²) in [5.74, 6) is 0.714. The molecule has 1 unspecified atom stereocenters. The zero-order chi connectivity index (χ0) is 8.97. The van der Waals surface area contributed by atoms with Crippen LogP contribution in [0.25, 0.3) is 0 Å². The summed E-state index contributed by atoms with van der Waals surface area (Å²) in [5.41, 5.74) is 0.823. The van der Waals surface area contributed by atoms with E-state index in [0.29, 0.717) is 5.75 Å². The number of benzene rings is 1. The van der Waals surface area contributed by atoms with E-state index >= 15 is 0 Å². The molecule has 0 aromatic heterocycles. The fourth-order valence-electron chi connectivity index (χ4n) is 1.02. The Morgan fingerprint density at radius 1 is 1.50 bits per heavy atom. The van der Waals surface area contributed by atoms with E-state index in [1.165, 1.54) is 0 Å². The molecular formula is C9H11ClO2. The van der Waals surface area contributed by atoms with Crippen molar-refractivity contribution >= 4 is 11.6 Å². The van der Waals surface area contributed by atoms with Gasteiger partial charge in [0.05, 0.1) is 19.1 Å². The molecule has 0 spiro atoms. The van der Waals surface area contributed by atoms with Crippen LogP contribution < -0.4 is 4.74 Å². The number of para-hydroxylation sites is 1. The van der Waals surface area contributed by atoms with Crippen molar-refractivity contribution in [2.45, 2.75) is 5.38 Å². The minimum absolute atomic E-state index is 0.0814. The lowest BCUT2D eigenvalue weighted by Crippen LogP contribution is -1.98. The van der Waals surface area contributed by atoms with Crippen LogP contribution >= 0.6 is 11.6 Å². The molecule has 1 N–H and O–H groups in total. The monoisotopic (exact) mass is 186 g/mol. The molecule has 1 rings (SSSR count). The summed E-state index contributed by atoms with van der Waals surface area (Å²) in [6.45, 7) is -0.0814. The van der Waals surface area contributed by atoms with E-state index in [-0.39, 0.29) is 12.0 Å². The van der Waals surface area contributed by atoms with Crippen molar-refractivity contribution in [3.8, 4) is 5.75 Å². The van der Waals surface area contributed by atoms with Gasteiger partial charge in [-0.15, -0.1) is 11.6 Å². The van der Waals surface area contributed by atoms with Gasteiger partial charge in [0.2, 0.25) is 0 Å². The summed E-state index contributed by atoms with van der Waals surface area (Å²) >= 11 is 5.84. The van der Waals surface area contributed by atoms with Crippen molar-refractivity contribution in [3.63, 3.8) is 0 Å². The lowest BCUT2D eigenvalue weighted by atomic mass is 10.1. The van der Waals surface area contributed by atoms with Crippen molar-refractivity contribution in [1.82, 2.24) is 0 Å². The SMILES string of the molecule is COc1ccccc1C(Cl)CO. The molecule has 66 valence electrons. The lowest BCUT2D eigenvalue weighted by molar-refractivity contribution is 0.291. The highest BCUT2D eigenvalue weighted by Crippen LogP contribution is 2.28. The maximum Gasteiger partial charge on any atom is 0.123 e. The first-order chi connectivity index (χ1) is 5.79. The van der Waals surface area contributed by atoms with Crippen LogP contribution in [-0.2, 0) is 0 Å². The molecule has 1 atom stereocenters. The van der Waals surface area contributed by atoms with Crippen molar-refractivity contribution in [2.75, 3.05) is 13.7 Å². The number of hydrogen-bond acceptors (Lipinski definition) is 2. The van der Waals surface area contributed by atoms with Gasteiger partial charge >= 0.3 is 0 Å². The molecule has 1 aromatic rings. The first-order valence-electron chi connectivity index (χ1n) is 3.67. The summed E-state index contributed by atoms with van der Waals surface area (Å²) in [4.78, 5) is 0. The second-order valence-electron chi connectivity index (χ2n) is 2.39. The molecule has 12 heavy (non-hydrogen) atoms. The normalized spacial score (nSPS) is 12.6. The molecule has 0 saturated carbocycles. The Labute approximate surface area is 76.7 Å². The average molecular weight is 187 g/mol. The Hall–Kier alpha value is -0.730. The Kier molecular flexibility index (Phi) is 3.38. The highest BCUT2D eigenvalue weighted by Gasteiger charge is 2.10. The van der Waals surface area contributed by atoms with Crippen LogP contribution in [0, 0.1) is 0 Å². The first kappa shape index (κ1) is 9.36. The molecule has 0 radical (unpaired) electrons. The standard InChI is InChI=1S/C9H11ClO2/c1-12-9-5-3-2-4-7(9)8(10)6-11/h2-5,8,11H,6H2,1H3. The summed E-state index contributed by atoms with van der Waals surface area (Å²) in [5, 5.41) is 8.43. The fourth-order valence-corrected chi connectivity index (χ4v) is 1.20. The Bertz CT molecular complexity index is 250. The molecule has 0 bridgehead atoms. The molecular weight excluding hydrogens is 176 g/mol. The zero-order valence-corrected chi connectivity index (χ0v) is 7.58. The second-order valence-corrected chi connectivity index (χ2v) is 2.92. The number of rotatable bonds is 3. The average Bonchev–Trinajstić information content (AvgIpc) is 2.16. The van der Waals surface area contributed by atoms with Gasteiger partial charge in [0.25, 0.3) is 0 Å². The number of halogens is 1. The van der Waals surface area contributed by atoms with Crippen LogP contribution in [0.4, 0.5) is 0 Å². The third-order valence-electron chi connectivity index (χ3n) is 1.64. The van der Waals surface area contributed by atoms with Crippen LogP contribution in [0.15, 0.2) is 24.3 Å². The molecule has 0 aliphatic carbocycles. The minimum Gasteiger partial charge on any atom is -0.496 e. The van der Waals surface area contributed by atoms with E-state index in [2.05, 4.69) is 0 Å². The second kappa shape index (κ2) is 4.33. The first-order valence-corrected chi connectivity index (χ1v) is 4.11. The van der Waals surface area contributed by atoms with E-state index in [1.54, 1.807) is 7.11 Å². The van der Waals surface area contributed by atoms with Gasteiger partial charge in [0.1, 0.15) is 5.75 Å². The van der Waals surface area contributed by atoms with Crippen LogP contribution in [-0.4, -0.2) is 18.8 Å². The maximum atomic E-state index is 8.82. The quantitative estimate of drug-likeness (QED) is 0.732. The van der Waals surface area contributed by atoms with Gasteiger partial charge in [-0.05, 0) is 6.07 Å². The molecule has 0 saturated heterocycles. The maximum absolute atomic E-state index is 8.82. The summed E-state index contributed by atoms with van der Waals surface area (Å²) < 4.78 is 5.07. The molecule has 0 aliphatic rings. The Morgan fingerprint density at radius 3 is 2.75 bits per heavy atom. The highest BCUT2D eigenvalue weighted by atomic mass is 35.5. The number of aliphatic hydroxyl groups is 1. The van der Waals surface area contributed by atoms with Crippen LogP contribution in [0.5, 0.6) is 5.75 Å². The smallest absolute Gasteiger partial charge is 0.123 e. The molecule has 2 nitrogen and oxygen atoms in total. The third kappa shape index (κ3) is 1.90. The van der Waals surface area contributed by atoms with Gasteiger partial charge < -0.3 is 9.84 Å². The fraction of sp³-hybridized carbons (Fsp3) is 0.333. The van der Waals surface area contributed by atoms with E-state index in [9.17, 15) is 0 Å². The topological polar surface area (TPSA) is 29.5 Å². The number of aliphatic hydroxyl groups excluding tert-OH is 1. The van der Waals surface area contributed by atoms with Gasteiger partial charge in [-0.1, -0.05) is 18.2 Å². The zero-order valence-electron chi connectivity index (χ0n) is 6.83. The van der Waals surface area contributed by atoms with Gasteiger partial charge in [-0.25, -0.2) is 0 Å². The summed E-state index contributed by atoms with van der Waals surface area (Å²) in [6.07, 6.45) is 0. The number of ether oxygens (including phenoxy) is 1. The number of alkyl halides is 1. The van der Waals surface area contributed by atoms with Gasteiger partial charge in [0, 0.05) is 5.56 Å². The number of methoxy groups -OCH3 is 1. The predicted octanol–water partition coefficient (Wildman–Crippen LogP) is 1.97. The van der Waals surface area contributed by atoms with Crippen molar-refractivity contribution in [2.24, 2.45) is 0 Å². The molecule has 0 fully saturated rings. The van der Waals surface area contributed by atoms with Gasteiger partial charge in [-0.3, -0.25) is 0 Å². The van der Waals surface area contributed by atoms with Crippen LogP contribution in [0.3, 0.4) is 0 Å². The largest absolute Gasteiger partial charge is 0.496 e. The van der Waals surface area contributed by atoms with Crippen LogP contribution in [0.1, 0.15) is 10.9 Å². The molecule has 0 amide bonds. The lowest BCUT2D eigenvalue weighted by Gasteiger charge is -2.10. The van der Waals surface area contributed by atoms with Crippen molar-refractivity contribution in [1.29, 1.82) is 0 Å². The molecule has 0 aliphatic heterocycles. The molecule has 3 heteroatoms. The summed E-state index contributed by atoms with van der Waals surface area (Å²) in [6, 6.07) is 7.39. The molecule has 0 heterocycles. The molecule has 1 aromatic carbocycles. The summed E-state index contributed by atoms with van der Waals surface area (Å²) in [7, 11) is 1.58. The number of hydrogen-bond donors (Lipinski definition) is 1. The highest BCUT2D eigenvalue weighted by molar-refractivity contribution is 6.21. The van der Waals surface area contributed by atoms with Gasteiger partial charge in [0.15, 0.2) is 0 Å². The van der Waals surface area contributed by atoms with Crippen molar-refractivity contribution in [3.05, 3.63) is 29.8 Å². The Balaban J connectivity index is 2.96.